The summed E-state index contributed by atoms with van der Waals surface area (Å²) in [4.78, 5) is 22.5. The Kier molecular flexibility index (Phi) is 3.24. The van der Waals surface area contributed by atoms with Crippen LogP contribution in [0.1, 0.15) is 19.3 Å². The van der Waals surface area contributed by atoms with Crippen molar-refractivity contribution < 1.29 is 14.7 Å². The van der Waals surface area contributed by atoms with Crippen LogP contribution in [-0.4, -0.2) is 17.0 Å². The van der Waals surface area contributed by atoms with Gasteiger partial charge in [0.2, 0.25) is 5.91 Å². The summed E-state index contributed by atoms with van der Waals surface area (Å²) in [6.07, 6.45) is 1.75. The second-order valence-electron chi connectivity index (χ2n) is 4.05. The molecule has 1 heterocycles. The normalized spacial score (nSPS) is 24.2. The molecule has 0 aliphatic heterocycles. The molecule has 1 fully saturated rings. The quantitative estimate of drug-likeness (QED) is 0.849. The lowest BCUT2D eigenvalue weighted by Crippen LogP contribution is -2.21. The molecular formula is C11H13NO3S. The number of hydrogen-bond acceptors (Lipinski definition) is 3. The maximum absolute atomic E-state index is 11.8. The van der Waals surface area contributed by atoms with Crippen molar-refractivity contribution in [1.82, 2.24) is 0 Å². The molecule has 5 heteroatoms. The Labute approximate surface area is 97.3 Å². The summed E-state index contributed by atoms with van der Waals surface area (Å²) in [5.41, 5.74) is 0.800. The van der Waals surface area contributed by atoms with Gasteiger partial charge in [0.15, 0.2) is 0 Å². The monoisotopic (exact) mass is 239 g/mol. The summed E-state index contributed by atoms with van der Waals surface area (Å²) < 4.78 is 0. The van der Waals surface area contributed by atoms with Gasteiger partial charge in [-0.2, -0.15) is 11.3 Å². The summed E-state index contributed by atoms with van der Waals surface area (Å²) in [5, 5.41) is 15.4. The Bertz CT molecular complexity index is 388. The minimum atomic E-state index is -0.786. The van der Waals surface area contributed by atoms with E-state index in [2.05, 4.69) is 5.32 Å². The third kappa shape index (κ3) is 2.41. The highest BCUT2D eigenvalue weighted by Gasteiger charge is 2.33. The number of carbonyl (C=O) groups is 2. The number of hydrogen-bond donors (Lipinski definition) is 2. The van der Waals surface area contributed by atoms with E-state index in [1.54, 1.807) is 0 Å². The molecule has 4 nitrogen and oxygen atoms in total. The van der Waals surface area contributed by atoms with Gasteiger partial charge in [-0.05, 0) is 30.7 Å². The van der Waals surface area contributed by atoms with Crippen LogP contribution in [0, 0.1) is 11.8 Å². The number of thiophene rings is 1. The van der Waals surface area contributed by atoms with Crippen LogP contribution in [0.15, 0.2) is 16.8 Å². The number of carboxylic acid groups (broad SMARTS) is 1. The van der Waals surface area contributed by atoms with Crippen LogP contribution in [0.5, 0.6) is 0 Å². The van der Waals surface area contributed by atoms with Crippen LogP contribution in [0.25, 0.3) is 0 Å². The van der Waals surface area contributed by atoms with Gasteiger partial charge in [0.25, 0.3) is 0 Å². The lowest BCUT2D eigenvalue weighted by Gasteiger charge is -2.09. The molecule has 1 aliphatic carbocycles. The van der Waals surface area contributed by atoms with Crippen LogP contribution < -0.4 is 5.32 Å². The zero-order chi connectivity index (χ0) is 11.5. The van der Waals surface area contributed by atoms with Gasteiger partial charge in [-0.3, -0.25) is 9.59 Å². The van der Waals surface area contributed by atoms with Crippen molar-refractivity contribution in [3.8, 4) is 0 Å². The van der Waals surface area contributed by atoms with Gasteiger partial charge in [0.1, 0.15) is 0 Å². The fraction of sp³-hybridized carbons (Fsp3) is 0.455. The van der Waals surface area contributed by atoms with Crippen molar-refractivity contribution in [2.24, 2.45) is 11.8 Å². The average Bonchev–Trinajstić information content (AvgIpc) is 2.86. The topological polar surface area (TPSA) is 66.4 Å². The van der Waals surface area contributed by atoms with Crippen LogP contribution in [0.3, 0.4) is 0 Å². The van der Waals surface area contributed by atoms with Gasteiger partial charge in [-0.15, -0.1) is 0 Å². The molecule has 0 radical (unpaired) electrons. The van der Waals surface area contributed by atoms with Crippen molar-refractivity contribution in [2.45, 2.75) is 19.3 Å². The van der Waals surface area contributed by atoms with Gasteiger partial charge in [-0.25, -0.2) is 0 Å². The van der Waals surface area contributed by atoms with Gasteiger partial charge in [-0.1, -0.05) is 0 Å². The third-order valence-corrected chi connectivity index (χ3v) is 3.62. The molecule has 2 unspecified atom stereocenters. The number of anilines is 1. The highest BCUT2D eigenvalue weighted by atomic mass is 32.1. The number of carbonyl (C=O) groups excluding carboxylic acids is 1. The van der Waals surface area contributed by atoms with Crippen molar-refractivity contribution in [3.05, 3.63) is 16.8 Å². The van der Waals surface area contributed by atoms with Crippen molar-refractivity contribution in [3.63, 3.8) is 0 Å². The number of amides is 1. The van der Waals surface area contributed by atoms with Crippen LogP contribution in [0.2, 0.25) is 0 Å². The largest absolute Gasteiger partial charge is 0.481 e. The molecule has 86 valence electrons. The number of rotatable bonds is 3. The van der Waals surface area contributed by atoms with E-state index in [0.29, 0.717) is 19.3 Å². The van der Waals surface area contributed by atoms with E-state index in [1.807, 2.05) is 16.8 Å². The Morgan fingerprint density at radius 2 is 2.12 bits per heavy atom. The lowest BCUT2D eigenvalue weighted by atomic mass is 10.0. The minimum Gasteiger partial charge on any atom is -0.481 e. The van der Waals surface area contributed by atoms with Gasteiger partial charge >= 0.3 is 5.97 Å². The maximum atomic E-state index is 11.8. The smallest absolute Gasteiger partial charge is 0.306 e. The average molecular weight is 239 g/mol. The van der Waals surface area contributed by atoms with Crippen LogP contribution in [0.4, 0.5) is 5.69 Å². The van der Waals surface area contributed by atoms with Crippen LogP contribution >= 0.6 is 11.3 Å². The fourth-order valence-electron chi connectivity index (χ4n) is 2.02. The molecule has 1 aromatic heterocycles. The first-order valence-corrected chi connectivity index (χ1v) is 6.17. The third-order valence-electron chi connectivity index (χ3n) is 2.94. The number of carboxylic acids is 1. The first-order valence-electron chi connectivity index (χ1n) is 5.22. The molecular weight excluding hydrogens is 226 g/mol. The number of nitrogens with one attached hydrogen (secondary N) is 1. The van der Waals surface area contributed by atoms with Crippen molar-refractivity contribution >= 4 is 28.9 Å². The van der Waals surface area contributed by atoms with Gasteiger partial charge in [0.05, 0.1) is 11.6 Å². The lowest BCUT2D eigenvalue weighted by molar-refractivity contribution is -0.141. The Balaban J connectivity index is 1.90. The maximum Gasteiger partial charge on any atom is 0.306 e. The predicted octanol–water partition coefficient (Wildman–Crippen LogP) is 2.19. The Hall–Kier alpha value is -1.36. The summed E-state index contributed by atoms with van der Waals surface area (Å²) in [6, 6.07) is 1.84. The molecule has 2 N–H and O–H groups in total. The second kappa shape index (κ2) is 4.65. The van der Waals surface area contributed by atoms with Gasteiger partial charge < -0.3 is 10.4 Å². The SMILES string of the molecule is O=C(O)C1CCC(C(=O)Nc2ccsc2)C1. The fourth-order valence-corrected chi connectivity index (χ4v) is 2.61. The van der Waals surface area contributed by atoms with E-state index >= 15 is 0 Å². The zero-order valence-corrected chi connectivity index (χ0v) is 9.50. The molecule has 2 atom stereocenters. The van der Waals surface area contributed by atoms with E-state index in [4.69, 9.17) is 5.11 Å². The zero-order valence-electron chi connectivity index (χ0n) is 8.68. The first-order chi connectivity index (χ1) is 7.66. The summed E-state index contributed by atoms with van der Waals surface area (Å²) in [7, 11) is 0. The highest BCUT2D eigenvalue weighted by molar-refractivity contribution is 7.08. The minimum absolute atomic E-state index is 0.0536. The predicted molar refractivity (Wildman–Crippen MR) is 61.4 cm³/mol. The van der Waals surface area contributed by atoms with E-state index in [0.717, 1.165) is 5.69 Å². The molecule has 1 aromatic rings. The molecule has 1 aliphatic rings. The summed E-state index contributed by atoms with van der Waals surface area (Å²) >= 11 is 1.52. The molecule has 0 spiro atoms. The van der Waals surface area contributed by atoms with Crippen LogP contribution in [-0.2, 0) is 9.59 Å². The highest BCUT2D eigenvalue weighted by Crippen LogP contribution is 2.32. The van der Waals surface area contributed by atoms with E-state index in [9.17, 15) is 9.59 Å². The summed E-state index contributed by atoms with van der Waals surface area (Å²) in [6.45, 7) is 0. The van der Waals surface area contributed by atoms with Crippen molar-refractivity contribution in [2.75, 3.05) is 5.32 Å². The Morgan fingerprint density at radius 3 is 2.69 bits per heavy atom. The molecule has 0 bridgehead atoms. The molecule has 1 amide bonds. The standard InChI is InChI=1S/C11H13NO3S/c13-10(12-9-3-4-16-6-9)7-1-2-8(5-7)11(14)15/h3-4,6-8H,1-2,5H2,(H,12,13)(H,14,15). The second-order valence-corrected chi connectivity index (χ2v) is 4.83. The van der Waals surface area contributed by atoms with E-state index in [-0.39, 0.29) is 17.7 Å². The van der Waals surface area contributed by atoms with E-state index in [1.165, 1.54) is 11.3 Å². The first kappa shape index (κ1) is 11.1. The Morgan fingerprint density at radius 1 is 1.38 bits per heavy atom. The van der Waals surface area contributed by atoms with Crippen molar-refractivity contribution in [1.29, 1.82) is 0 Å². The van der Waals surface area contributed by atoms with Gasteiger partial charge in [0, 0.05) is 11.3 Å². The molecule has 16 heavy (non-hydrogen) atoms. The molecule has 0 saturated heterocycles. The number of aliphatic carboxylic acids is 1. The summed E-state index contributed by atoms with van der Waals surface area (Å²) in [5.74, 6) is -1.34. The molecule has 0 aromatic carbocycles. The molecule has 1 saturated carbocycles. The van der Waals surface area contributed by atoms with E-state index < -0.39 is 5.97 Å². The molecule has 2 rings (SSSR count).